The molecular weight excluding hydrogens is 342 g/mol. The van der Waals surface area contributed by atoms with Gasteiger partial charge in [-0.3, -0.25) is 4.79 Å². The zero-order valence-corrected chi connectivity index (χ0v) is 17.8. The Morgan fingerprint density at radius 1 is 0.667 bits per heavy atom. The van der Waals surface area contributed by atoms with Gasteiger partial charge in [0.25, 0.3) is 0 Å². The lowest BCUT2D eigenvalue weighted by molar-refractivity contribution is -0.137. The van der Waals surface area contributed by atoms with E-state index in [1.807, 2.05) is 35.8 Å². The Morgan fingerprint density at radius 3 is 1.56 bits per heavy atom. The Labute approximate surface area is 164 Å². The van der Waals surface area contributed by atoms with Crippen molar-refractivity contribution >= 4 is 11.9 Å². The number of likely N-dealkylation sites (tertiary alicyclic amines) is 3. The number of rotatable bonds is 0. The summed E-state index contributed by atoms with van der Waals surface area (Å²) in [5.74, 6) is 0.389. The summed E-state index contributed by atoms with van der Waals surface area (Å²) in [6, 6.07) is 0.176. The molecule has 0 aliphatic carbocycles. The summed E-state index contributed by atoms with van der Waals surface area (Å²) in [6.45, 7) is 6.23. The lowest BCUT2D eigenvalue weighted by Crippen LogP contribution is -2.52. The predicted octanol–water partition coefficient (Wildman–Crippen LogP) is 1.01. The summed E-state index contributed by atoms with van der Waals surface area (Å²) < 4.78 is 0. The fraction of sp³-hybridized carbons (Fsp3) is 0.900. The fourth-order valence-corrected chi connectivity index (χ4v) is 5.11. The number of hydrogen-bond acceptors (Lipinski definition) is 4. The topological polar surface area (TPSA) is 50.3 Å². The first-order valence-corrected chi connectivity index (χ1v) is 10.3. The van der Waals surface area contributed by atoms with E-state index in [1.54, 1.807) is 0 Å². The van der Waals surface area contributed by atoms with Crippen LogP contribution in [0.25, 0.3) is 0 Å². The van der Waals surface area contributed by atoms with Gasteiger partial charge in [0.05, 0.1) is 11.0 Å². The Kier molecular flexibility index (Phi) is 5.73. The van der Waals surface area contributed by atoms with Crippen LogP contribution in [0.15, 0.2) is 0 Å². The van der Waals surface area contributed by atoms with Gasteiger partial charge in [-0.05, 0) is 59.3 Å². The van der Waals surface area contributed by atoms with Crippen molar-refractivity contribution in [2.45, 2.75) is 37.6 Å². The van der Waals surface area contributed by atoms with Gasteiger partial charge in [0.1, 0.15) is 0 Å². The minimum atomic E-state index is 0.0290. The average molecular weight is 380 g/mol. The van der Waals surface area contributed by atoms with Crippen LogP contribution in [0.4, 0.5) is 4.79 Å². The molecule has 0 unspecified atom stereocenters. The maximum absolute atomic E-state index is 11.9. The van der Waals surface area contributed by atoms with Gasteiger partial charge in [0.15, 0.2) is 0 Å². The van der Waals surface area contributed by atoms with E-state index in [2.05, 4.69) is 23.9 Å². The van der Waals surface area contributed by atoms with Crippen LogP contribution in [0, 0.1) is 5.41 Å². The molecule has 7 nitrogen and oxygen atoms in total. The number of urea groups is 1. The first-order chi connectivity index (χ1) is 12.7. The number of likely N-dealkylation sites (N-methyl/N-ethyl adjacent to an activating group) is 2. The molecule has 0 bridgehead atoms. The normalized spacial score (nSPS) is 28.3. The largest absolute Gasteiger partial charge is 0.345 e. The Bertz CT molecular complexity index is 565. The van der Waals surface area contributed by atoms with E-state index in [4.69, 9.17) is 0 Å². The second kappa shape index (κ2) is 7.59. The molecule has 4 saturated heterocycles. The van der Waals surface area contributed by atoms with Crippen molar-refractivity contribution in [3.05, 3.63) is 0 Å². The highest BCUT2D eigenvalue weighted by atomic mass is 16.2. The zero-order chi connectivity index (χ0) is 19.8. The molecule has 154 valence electrons. The summed E-state index contributed by atoms with van der Waals surface area (Å²) in [5, 5.41) is 0. The summed E-state index contributed by atoms with van der Waals surface area (Å²) in [7, 11) is 10.0. The van der Waals surface area contributed by atoms with Gasteiger partial charge >= 0.3 is 6.03 Å². The van der Waals surface area contributed by atoms with Crippen LogP contribution in [-0.4, -0.2) is 116 Å². The number of amides is 3. The summed E-state index contributed by atoms with van der Waals surface area (Å²) >= 11 is 0. The van der Waals surface area contributed by atoms with Crippen molar-refractivity contribution in [1.29, 1.82) is 0 Å². The van der Waals surface area contributed by atoms with Crippen molar-refractivity contribution in [2.24, 2.45) is 5.41 Å². The van der Waals surface area contributed by atoms with Crippen LogP contribution in [0.5, 0.6) is 0 Å². The molecule has 4 aliphatic heterocycles. The lowest BCUT2D eigenvalue weighted by Gasteiger charge is -2.41. The molecule has 0 N–H and O–H groups in total. The van der Waals surface area contributed by atoms with Crippen LogP contribution < -0.4 is 0 Å². The van der Waals surface area contributed by atoms with E-state index in [-0.39, 0.29) is 17.0 Å². The number of piperidine rings is 2. The molecule has 0 aromatic rings. The molecular formula is C20H37N5O2. The number of carbonyl (C=O) groups is 2. The number of carbonyl (C=O) groups excluding carboxylic acids is 2. The summed E-state index contributed by atoms with van der Waals surface area (Å²) in [5.41, 5.74) is 0.152. The van der Waals surface area contributed by atoms with Crippen LogP contribution in [0.3, 0.4) is 0 Å². The molecule has 27 heavy (non-hydrogen) atoms. The predicted molar refractivity (Wildman–Crippen MR) is 107 cm³/mol. The van der Waals surface area contributed by atoms with Gasteiger partial charge in [-0.15, -0.1) is 0 Å². The van der Waals surface area contributed by atoms with Crippen molar-refractivity contribution in [3.8, 4) is 0 Å². The quantitative estimate of drug-likeness (QED) is 0.630. The molecule has 0 aromatic heterocycles. The van der Waals surface area contributed by atoms with Crippen LogP contribution in [-0.2, 0) is 4.79 Å². The molecule has 4 aliphatic rings. The molecule has 0 aromatic carbocycles. The van der Waals surface area contributed by atoms with Gasteiger partial charge in [-0.1, -0.05) is 0 Å². The maximum atomic E-state index is 11.9. The van der Waals surface area contributed by atoms with Crippen LogP contribution >= 0.6 is 0 Å². The number of nitrogens with zero attached hydrogens (tertiary/aromatic N) is 5. The third-order valence-electron chi connectivity index (χ3n) is 7.44. The number of hydrogen-bond donors (Lipinski definition) is 0. The van der Waals surface area contributed by atoms with Crippen LogP contribution in [0.1, 0.15) is 32.1 Å². The minimum absolute atomic E-state index is 0.0290. The van der Waals surface area contributed by atoms with E-state index < -0.39 is 0 Å². The van der Waals surface area contributed by atoms with Gasteiger partial charge in [-0.2, -0.15) is 0 Å². The van der Waals surface area contributed by atoms with E-state index in [0.29, 0.717) is 5.91 Å². The van der Waals surface area contributed by atoms with Crippen molar-refractivity contribution < 1.29 is 9.59 Å². The average Bonchev–Trinajstić information content (AvgIpc) is 3.05. The molecule has 0 atom stereocenters. The molecule has 4 fully saturated rings. The highest BCUT2D eigenvalue weighted by molar-refractivity contribution is 5.84. The molecule has 4 heterocycles. The fourth-order valence-electron chi connectivity index (χ4n) is 5.11. The Morgan fingerprint density at radius 2 is 1.15 bits per heavy atom. The molecule has 4 rings (SSSR count). The lowest BCUT2D eigenvalue weighted by atomic mass is 9.77. The third kappa shape index (κ3) is 3.81. The minimum Gasteiger partial charge on any atom is -0.345 e. The zero-order valence-electron chi connectivity index (χ0n) is 17.8. The monoisotopic (exact) mass is 379 g/mol. The van der Waals surface area contributed by atoms with Gasteiger partial charge in [0, 0.05) is 47.3 Å². The molecule has 0 saturated carbocycles. The molecule has 7 heteroatoms. The van der Waals surface area contributed by atoms with Gasteiger partial charge in [-0.25, -0.2) is 4.79 Å². The SMILES string of the molecule is CN1CCC2(CC1)CCN(C)C2=O.CN1CCC2(CC1)CN(C)C(=O)N2C. The summed E-state index contributed by atoms with van der Waals surface area (Å²) in [4.78, 5) is 33.9. The van der Waals surface area contributed by atoms with Crippen molar-refractivity contribution in [1.82, 2.24) is 24.5 Å². The van der Waals surface area contributed by atoms with E-state index in [0.717, 1.165) is 71.4 Å². The first kappa shape index (κ1) is 20.4. The van der Waals surface area contributed by atoms with Gasteiger partial charge in [0.2, 0.25) is 5.91 Å². The molecule has 2 spiro atoms. The van der Waals surface area contributed by atoms with E-state index >= 15 is 0 Å². The van der Waals surface area contributed by atoms with Crippen LogP contribution in [0.2, 0.25) is 0 Å². The first-order valence-electron chi connectivity index (χ1n) is 10.3. The Balaban J connectivity index is 0.000000156. The highest BCUT2D eigenvalue weighted by Gasteiger charge is 2.47. The third-order valence-corrected chi connectivity index (χ3v) is 7.44. The van der Waals surface area contributed by atoms with Crippen molar-refractivity contribution in [3.63, 3.8) is 0 Å². The standard InChI is InChI=1S/C10H19N3O.C10H18N2O/c1-11-6-4-10(5-7-11)8-12(2)9(14)13(10)3;1-11-6-3-10(4-7-11)5-8-12(2)9(10)13/h4-8H2,1-3H3;3-8H2,1-2H3. The molecule has 0 radical (unpaired) electrons. The second-order valence-corrected chi connectivity index (χ2v) is 9.29. The van der Waals surface area contributed by atoms with E-state index in [1.165, 1.54) is 0 Å². The molecule has 3 amide bonds. The second-order valence-electron chi connectivity index (χ2n) is 9.29. The summed E-state index contributed by atoms with van der Waals surface area (Å²) in [6.07, 6.45) is 5.42. The maximum Gasteiger partial charge on any atom is 0.320 e. The van der Waals surface area contributed by atoms with Crippen molar-refractivity contribution in [2.75, 3.05) is 74.5 Å². The Hall–Kier alpha value is -1.34. The highest BCUT2D eigenvalue weighted by Crippen LogP contribution is 2.40. The van der Waals surface area contributed by atoms with Gasteiger partial charge < -0.3 is 24.5 Å². The smallest absolute Gasteiger partial charge is 0.320 e. The van der Waals surface area contributed by atoms with E-state index in [9.17, 15) is 9.59 Å².